The smallest absolute Gasteiger partial charge is 0.255 e. The van der Waals surface area contributed by atoms with E-state index in [-0.39, 0.29) is 48.7 Å². The number of fused-ring (bicyclic) bond motifs is 2. The van der Waals surface area contributed by atoms with Crippen molar-refractivity contribution in [1.82, 2.24) is 25.0 Å². The fraction of sp³-hybridized carbons (Fsp3) is 0.297. The van der Waals surface area contributed by atoms with Crippen molar-refractivity contribution < 1.29 is 37.9 Å². The summed E-state index contributed by atoms with van der Waals surface area (Å²) in [7, 11) is 0. The van der Waals surface area contributed by atoms with Gasteiger partial charge in [-0.3, -0.25) is 39.5 Å². The highest BCUT2D eigenvalue weighted by molar-refractivity contribution is 7.13. The van der Waals surface area contributed by atoms with E-state index in [4.69, 9.17) is 0 Å². The SMILES string of the molecule is O=C1CCC(N2Cc3cc(CN4CCN(c5ccc6c(c5)C(=O)N(C(C(=O)Nc5nccs5)c5cc(F)ccc5O)C6)CC4)c(F)cc3C2=O)C(=O)N1. The van der Waals surface area contributed by atoms with Crippen molar-refractivity contribution in [2.24, 2.45) is 0 Å². The van der Waals surface area contributed by atoms with E-state index >= 15 is 4.39 Å². The number of thiazole rings is 1. The predicted molar refractivity (Wildman–Crippen MR) is 188 cm³/mol. The third-order valence-corrected chi connectivity index (χ3v) is 10.9. The molecule has 3 aromatic carbocycles. The molecule has 0 radical (unpaired) electrons. The van der Waals surface area contributed by atoms with Crippen molar-refractivity contribution in [2.45, 2.75) is 44.6 Å². The van der Waals surface area contributed by atoms with E-state index in [9.17, 15) is 33.5 Å². The second-order valence-corrected chi connectivity index (χ2v) is 14.4. The third-order valence-electron chi connectivity index (χ3n) is 10.3. The van der Waals surface area contributed by atoms with Gasteiger partial charge in [0.05, 0.1) is 0 Å². The molecule has 0 bridgehead atoms. The lowest BCUT2D eigenvalue weighted by Gasteiger charge is -2.36. The van der Waals surface area contributed by atoms with Crippen LogP contribution in [-0.2, 0) is 34.0 Å². The number of piperidine rings is 1. The molecule has 4 aromatic rings. The lowest BCUT2D eigenvalue weighted by Crippen LogP contribution is -2.52. The first kappa shape index (κ1) is 34.4. The van der Waals surface area contributed by atoms with Crippen LogP contribution in [-0.4, -0.2) is 86.5 Å². The fourth-order valence-electron chi connectivity index (χ4n) is 7.54. The molecule has 0 aliphatic carbocycles. The van der Waals surface area contributed by atoms with Crippen molar-refractivity contribution in [3.8, 4) is 5.75 Å². The summed E-state index contributed by atoms with van der Waals surface area (Å²) in [5.41, 5.74) is 3.14. The molecule has 2 saturated heterocycles. The minimum atomic E-state index is -1.33. The molecule has 4 aliphatic heterocycles. The molecular formula is C37H33F2N7O6S. The highest BCUT2D eigenvalue weighted by Gasteiger charge is 2.41. The fourth-order valence-corrected chi connectivity index (χ4v) is 8.07. The number of anilines is 2. The number of hydrogen-bond acceptors (Lipinski definition) is 10. The van der Waals surface area contributed by atoms with Crippen LogP contribution in [0.2, 0.25) is 0 Å². The van der Waals surface area contributed by atoms with Crippen LogP contribution in [0.1, 0.15) is 61.9 Å². The first-order valence-corrected chi connectivity index (χ1v) is 18.0. The Morgan fingerprint density at radius 2 is 1.75 bits per heavy atom. The Balaban J connectivity index is 0.937. The molecule has 0 spiro atoms. The van der Waals surface area contributed by atoms with Gasteiger partial charge in [0.2, 0.25) is 11.8 Å². The van der Waals surface area contributed by atoms with Crippen LogP contribution in [0.15, 0.2) is 60.1 Å². The van der Waals surface area contributed by atoms with Gasteiger partial charge in [0, 0.05) is 91.8 Å². The topological polar surface area (TPSA) is 155 Å². The van der Waals surface area contributed by atoms with Crippen LogP contribution in [0.4, 0.5) is 19.6 Å². The molecule has 5 amide bonds. The summed E-state index contributed by atoms with van der Waals surface area (Å²) in [4.78, 5) is 75.6. The van der Waals surface area contributed by atoms with Crippen LogP contribution in [0.3, 0.4) is 0 Å². The van der Waals surface area contributed by atoms with Crippen molar-refractivity contribution in [1.29, 1.82) is 0 Å². The van der Waals surface area contributed by atoms with Crippen LogP contribution < -0.4 is 15.5 Å². The predicted octanol–water partition coefficient (Wildman–Crippen LogP) is 3.55. The number of phenols is 1. The second kappa shape index (κ2) is 13.7. The quantitative estimate of drug-likeness (QED) is 0.230. The van der Waals surface area contributed by atoms with Gasteiger partial charge in [-0.25, -0.2) is 13.8 Å². The van der Waals surface area contributed by atoms with Gasteiger partial charge in [-0.1, -0.05) is 6.07 Å². The summed E-state index contributed by atoms with van der Waals surface area (Å²) in [5.74, 6) is -3.89. The lowest BCUT2D eigenvalue weighted by atomic mass is 10.0. The molecular weight excluding hydrogens is 709 g/mol. The van der Waals surface area contributed by atoms with E-state index in [1.54, 1.807) is 17.5 Å². The molecule has 16 heteroatoms. The summed E-state index contributed by atoms with van der Waals surface area (Å²) in [6.07, 6.45) is 1.88. The number of halogens is 2. The van der Waals surface area contributed by atoms with Gasteiger partial charge in [-0.05, 0) is 60.0 Å². The second-order valence-electron chi connectivity index (χ2n) is 13.5. The van der Waals surface area contributed by atoms with Crippen LogP contribution >= 0.6 is 11.3 Å². The molecule has 2 atom stereocenters. The van der Waals surface area contributed by atoms with Gasteiger partial charge in [0.15, 0.2) is 5.13 Å². The van der Waals surface area contributed by atoms with Crippen molar-refractivity contribution >= 4 is 51.7 Å². The number of phenolic OH excluding ortho intramolecular Hbond substituents is 1. The third kappa shape index (κ3) is 6.48. The molecule has 2 unspecified atom stereocenters. The molecule has 2 fully saturated rings. The van der Waals surface area contributed by atoms with Gasteiger partial charge in [0.25, 0.3) is 17.7 Å². The summed E-state index contributed by atoms with van der Waals surface area (Å²) in [6, 6.07) is 9.60. The largest absolute Gasteiger partial charge is 0.508 e. The monoisotopic (exact) mass is 741 g/mol. The van der Waals surface area contributed by atoms with Gasteiger partial charge in [-0.2, -0.15) is 0 Å². The lowest BCUT2D eigenvalue weighted by molar-refractivity contribution is -0.137. The van der Waals surface area contributed by atoms with Gasteiger partial charge >= 0.3 is 0 Å². The van der Waals surface area contributed by atoms with E-state index in [0.717, 1.165) is 23.9 Å². The Morgan fingerprint density at radius 1 is 0.962 bits per heavy atom. The number of imide groups is 1. The molecule has 0 saturated carbocycles. The Morgan fingerprint density at radius 3 is 2.51 bits per heavy atom. The highest BCUT2D eigenvalue weighted by atomic mass is 32.1. The van der Waals surface area contributed by atoms with Gasteiger partial charge in [0.1, 0.15) is 29.5 Å². The van der Waals surface area contributed by atoms with E-state index in [1.807, 2.05) is 12.1 Å². The van der Waals surface area contributed by atoms with Crippen molar-refractivity contribution in [3.63, 3.8) is 0 Å². The molecule has 8 rings (SSSR count). The van der Waals surface area contributed by atoms with Crippen molar-refractivity contribution in [3.05, 3.63) is 105 Å². The van der Waals surface area contributed by atoms with Crippen LogP contribution in [0.5, 0.6) is 5.75 Å². The number of nitrogens with one attached hydrogen (secondary N) is 2. The summed E-state index contributed by atoms with van der Waals surface area (Å²) < 4.78 is 29.7. The number of carbonyl (C=O) groups is 5. The number of carbonyl (C=O) groups excluding carboxylic acids is 5. The number of benzene rings is 3. The Bertz CT molecular complexity index is 2170. The number of piperazine rings is 1. The Hall–Kier alpha value is -5.74. The molecule has 5 heterocycles. The Kier molecular flexibility index (Phi) is 8.86. The molecule has 1 aromatic heterocycles. The van der Waals surface area contributed by atoms with E-state index in [2.05, 4.69) is 25.4 Å². The minimum absolute atomic E-state index is 0.0467. The van der Waals surface area contributed by atoms with Crippen LogP contribution in [0.25, 0.3) is 0 Å². The van der Waals surface area contributed by atoms with E-state index in [1.165, 1.54) is 33.4 Å². The molecule has 53 heavy (non-hydrogen) atoms. The van der Waals surface area contributed by atoms with Crippen molar-refractivity contribution in [2.75, 3.05) is 36.4 Å². The van der Waals surface area contributed by atoms with Gasteiger partial charge in [-0.15, -0.1) is 11.3 Å². The average molecular weight is 742 g/mol. The number of aromatic hydroxyl groups is 1. The van der Waals surface area contributed by atoms with E-state index in [0.29, 0.717) is 60.1 Å². The maximum Gasteiger partial charge on any atom is 0.255 e. The maximum atomic E-state index is 15.3. The summed E-state index contributed by atoms with van der Waals surface area (Å²) in [5, 5.41) is 17.6. The number of nitrogens with zero attached hydrogens (tertiary/aromatic N) is 5. The summed E-state index contributed by atoms with van der Waals surface area (Å²) in [6.45, 7) is 2.89. The molecule has 3 N–H and O–H groups in total. The minimum Gasteiger partial charge on any atom is -0.508 e. The van der Waals surface area contributed by atoms with Gasteiger partial charge < -0.3 is 19.8 Å². The number of aromatic nitrogens is 1. The van der Waals surface area contributed by atoms with E-state index < -0.39 is 47.3 Å². The first-order chi connectivity index (χ1) is 25.5. The number of amides is 5. The zero-order valence-corrected chi connectivity index (χ0v) is 29.0. The normalized spacial score (nSPS) is 19.4. The van der Waals surface area contributed by atoms with Crippen LogP contribution in [0, 0.1) is 11.6 Å². The number of rotatable bonds is 8. The standard InChI is InChI=1S/C37H33F2N7O6S/c38-23-2-5-30(47)27(14-23)32(34(50)42-37-40-7-12-53-37)46-18-20-1-3-24(15-25(20)36(46)52)44-10-8-43(9-11-44)17-22-13-21-19-45(35(51)26(21)16-28(22)39)29-4-6-31(48)41-33(29)49/h1-3,5,7,12-16,29,32,47H,4,6,8-11,17-19H2,(H,40,42,50)(H,41,48,49). The zero-order chi connectivity index (χ0) is 37.0. The first-order valence-electron chi connectivity index (χ1n) is 17.1. The molecule has 13 nitrogen and oxygen atoms in total. The number of hydrogen-bond donors (Lipinski definition) is 3. The molecule has 272 valence electrons. The highest BCUT2D eigenvalue weighted by Crippen LogP contribution is 2.38. The maximum absolute atomic E-state index is 15.3. The Labute approximate surface area is 305 Å². The zero-order valence-electron chi connectivity index (χ0n) is 28.2. The summed E-state index contributed by atoms with van der Waals surface area (Å²) >= 11 is 1.19. The molecule has 4 aliphatic rings. The average Bonchev–Trinajstić information content (AvgIpc) is 3.85.